The zero-order chi connectivity index (χ0) is 20.7. The van der Waals surface area contributed by atoms with Crippen molar-refractivity contribution in [2.24, 2.45) is 0 Å². The quantitative estimate of drug-likeness (QED) is 0.596. The number of rotatable bonds is 9. The molecule has 0 aliphatic heterocycles. The highest BCUT2D eigenvalue weighted by atomic mass is 35.5. The highest BCUT2D eigenvalue weighted by Crippen LogP contribution is 2.25. The van der Waals surface area contributed by atoms with E-state index in [1.807, 2.05) is 20.8 Å². The predicted octanol–water partition coefficient (Wildman–Crippen LogP) is 3.99. The summed E-state index contributed by atoms with van der Waals surface area (Å²) in [4.78, 5) is 12.2. The van der Waals surface area contributed by atoms with Gasteiger partial charge in [0.2, 0.25) is 0 Å². The third-order valence-corrected chi connectivity index (χ3v) is 5.71. The average Bonchev–Trinajstić information content (AvgIpc) is 2.63. The molecule has 0 aliphatic carbocycles. The molecule has 0 radical (unpaired) electrons. The van der Waals surface area contributed by atoms with Crippen molar-refractivity contribution >= 4 is 33.2 Å². The van der Waals surface area contributed by atoms with E-state index in [4.69, 9.17) is 16.3 Å². The highest BCUT2D eigenvalue weighted by Gasteiger charge is 2.20. The molecule has 2 N–H and O–H groups in total. The minimum Gasteiger partial charge on any atom is -0.379 e. The number of amides is 1. The van der Waals surface area contributed by atoms with Gasteiger partial charge in [0.15, 0.2) is 0 Å². The number of carbonyl (C=O) groups is 1. The lowest BCUT2D eigenvalue weighted by Gasteiger charge is -2.12. The molecule has 0 aliphatic rings. The van der Waals surface area contributed by atoms with Gasteiger partial charge in [-0.15, -0.1) is 0 Å². The summed E-state index contributed by atoms with van der Waals surface area (Å²) in [5.41, 5.74) is 1.65. The Morgan fingerprint density at radius 2 is 1.82 bits per heavy atom. The van der Waals surface area contributed by atoms with Gasteiger partial charge in [-0.1, -0.05) is 29.3 Å². The van der Waals surface area contributed by atoms with Crippen LogP contribution in [0.25, 0.3) is 0 Å². The van der Waals surface area contributed by atoms with Crippen LogP contribution in [0, 0.1) is 6.92 Å². The Morgan fingerprint density at radius 1 is 1.14 bits per heavy atom. The number of benzene rings is 2. The van der Waals surface area contributed by atoms with Crippen molar-refractivity contribution in [3.05, 3.63) is 58.6 Å². The van der Waals surface area contributed by atoms with E-state index in [2.05, 4.69) is 10.0 Å². The van der Waals surface area contributed by atoms with Gasteiger partial charge < -0.3 is 10.1 Å². The maximum atomic E-state index is 12.7. The van der Waals surface area contributed by atoms with Gasteiger partial charge in [-0.2, -0.15) is 0 Å². The smallest absolute Gasteiger partial charge is 0.263 e. The summed E-state index contributed by atoms with van der Waals surface area (Å²) in [5, 5.41) is 2.79. The topological polar surface area (TPSA) is 84.5 Å². The molecule has 152 valence electrons. The molecule has 0 saturated heterocycles. The number of hydrogen-bond donors (Lipinski definition) is 2. The van der Waals surface area contributed by atoms with Gasteiger partial charge in [0, 0.05) is 24.4 Å². The van der Waals surface area contributed by atoms with Crippen molar-refractivity contribution in [2.45, 2.75) is 38.2 Å². The molecule has 0 aromatic heterocycles. The molecule has 0 unspecified atom stereocenters. The lowest BCUT2D eigenvalue weighted by molar-refractivity contribution is 0.0757. The number of halogens is 1. The molecule has 0 heterocycles. The van der Waals surface area contributed by atoms with Gasteiger partial charge >= 0.3 is 0 Å². The predicted molar refractivity (Wildman–Crippen MR) is 111 cm³/mol. The van der Waals surface area contributed by atoms with Crippen LogP contribution < -0.4 is 10.0 Å². The number of carbonyl (C=O) groups excluding carboxylic acids is 1. The van der Waals surface area contributed by atoms with Crippen molar-refractivity contribution in [1.29, 1.82) is 0 Å². The molecule has 0 fully saturated rings. The van der Waals surface area contributed by atoms with Gasteiger partial charge in [0.05, 0.1) is 11.1 Å². The van der Waals surface area contributed by atoms with Crippen molar-refractivity contribution in [1.82, 2.24) is 5.32 Å². The van der Waals surface area contributed by atoms with Crippen molar-refractivity contribution < 1.29 is 17.9 Å². The third kappa shape index (κ3) is 6.51. The fourth-order valence-corrected chi connectivity index (χ4v) is 3.96. The van der Waals surface area contributed by atoms with Gasteiger partial charge in [0.25, 0.3) is 15.9 Å². The number of ether oxygens (including phenoxy) is 1. The second kappa shape index (κ2) is 9.91. The summed E-state index contributed by atoms with van der Waals surface area (Å²) in [6, 6.07) is 11.1. The molecule has 0 saturated carbocycles. The second-order valence-electron chi connectivity index (χ2n) is 6.65. The standard InChI is InChI=1S/C20H25ClN2O4S/c1-14(2)27-12-4-11-22-20(24)16-7-10-18(21)19(13-16)28(25,26)23-17-8-5-15(3)6-9-17/h5-10,13-14,23H,4,11-12H2,1-3H3,(H,22,24). The van der Waals surface area contributed by atoms with E-state index >= 15 is 0 Å². The summed E-state index contributed by atoms with van der Waals surface area (Å²) < 4.78 is 33.3. The first-order chi connectivity index (χ1) is 13.2. The van der Waals surface area contributed by atoms with Crippen LogP contribution in [0.2, 0.25) is 5.02 Å². The monoisotopic (exact) mass is 424 g/mol. The molecular formula is C20H25ClN2O4S. The molecule has 28 heavy (non-hydrogen) atoms. The Hall–Kier alpha value is -2.09. The zero-order valence-corrected chi connectivity index (χ0v) is 17.7. The van der Waals surface area contributed by atoms with Crippen LogP contribution in [-0.4, -0.2) is 33.6 Å². The van der Waals surface area contributed by atoms with E-state index in [0.717, 1.165) is 5.56 Å². The Kier molecular flexibility index (Phi) is 7.86. The Labute approximate surface area is 171 Å². The van der Waals surface area contributed by atoms with E-state index in [9.17, 15) is 13.2 Å². The number of sulfonamides is 1. The van der Waals surface area contributed by atoms with Crippen molar-refractivity contribution in [3.63, 3.8) is 0 Å². The largest absolute Gasteiger partial charge is 0.379 e. The Bertz CT molecular complexity index is 912. The first-order valence-corrected chi connectivity index (χ1v) is 10.8. The second-order valence-corrected chi connectivity index (χ2v) is 8.70. The lowest BCUT2D eigenvalue weighted by atomic mass is 10.2. The van der Waals surface area contributed by atoms with Crippen LogP contribution in [0.1, 0.15) is 36.2 Å². The summed E-state index contributed by atoms with van der Waals surface area (Å²) in [6.45, 7) is 6.76. The molecule has 2 rings (SSSR count). The highest BCUT2D eigenvalue weighted by molar-refractivity contribution is 7.92. The SMILES string of the molecule is Cc1ccc(NS(=O)(=O)c2cc(C(=O)NCCCOC(C)C)ccc2Cl)cc1. The van der Waals surface area contributed by atoms with Gasteiger partial charge in [-0.25, -0.2) is 8.42 Å². The molecule has 0 atom stereocenters. The van der Waals surface area contributed by atoms with Gasteiger partial charge in [-0.3, -0.25) is 9.52 Å². The fraction of sp³-hybridized carbons (Fsp3) is 0.350. The number of nitrogens with one attached hydrogen (secondary N) is 2. The lowest BCUT2D eigenvalue weighted by Crippen LogP contribution is -2.26. The van der Waals surface area contributed by atoms with Crippen LogP contribution in [0.3, 0.4) is 0 Å². The fourth-order valence-electron chi connectivity index (χ4n) is 2.38. The summed E-state index contributed by atoms with van der Waals surface area (Å²) in [5.74, 6) is -0.368. The normalized spacial score (nSPS) is 11.5. The van der Waals surface area contributed by atoms with Crippen molar-refractivity contribution in [3.8, 4) is 0 Å². The summed E-state index contributed by atoms with van der Waals surface area (Å²) in [7, 11) is -3.93. The molecular weight excluding hydrogens is 400 g/mol. The average molecular weight is 425 g/mol. The zero-order valence-electron chi connectivity index (χ0n) is 16.2. The maximum absolute atomic E-state index is 12.7. The summed E-state index contributed by atoms with van der Waals surface area (Å²) >= 11 is 6.08. The Morgan fingerprint density at radius 3 is 2.46 bits per heavy atom. The van der Waals surface area contributed by atoms with Crippen LogP contribution in [-0.2, 0) is 14.8 Å². The van der Waals surface area contributed by atoms with E-state index in [1.54, 1.807) is 24.3 Å². The van der Waals surface area contributed by atoms with Crippen LogP contribution in [0.5, 0.6) is 0 Å². The molecule has 0 bridgehead atoms. The van der Waals surface area contributed by atoms with Crippen LogP contribution in [0.15, 0.2) is 47.4 Å². The van der Waals surface area contributed by atoms with E-state index in [0.29, 0.717) is 25.3 Å². The van der Waals surface area contributed by atoms with Crippen molar-refractivity contribution in [2.75, 3.05) is 17.9 Å². The minimum atomic E-state index is -3.93. The molecule has 1 amide bonds. The van der Waals surface area contributed by atoms with Crippen LogP contribution in [0.4, 0.5) is 5.69 Å². The van der Waals surface area contributed by atoms with Crippen LogP contribution >= 0.6 is 11.6 Å². The Balaban J connectivity index is 2.09. The molecule has 8 heteroatoms. The third-order valence-electron chi connectivity index (χ3n) is 3.84. The van der Waals surface area contributed by atoms with E-state index in [-0.39, 0.29) is 27.5 Å². The number of hydrogen-bond acceptors (Lipinski definition) is 4. The minimum absolute atomic E-state index is 0.0431. The number of aryl methyl sites for hydroxylation is 1. The number of anilines is 1. The molecule has 2 aromatic rings. The van der Waals surface area contributed by atoms with E-state index in [1.165, 1.54) is 18.2 Å². The van der Waals surface area contributed by atoms with Gasteiger partial charge in [0.1, 0.15) is 4.90 Å². The first-order valence-electron chi connectivity index (χ1n) is 8.98. The molecule has 2 aromatic carbocycles. The molecule has 6 nitrogen and oxygen atoms in total. The summed E-state index contributed by atoms with van der Waals surface area (Å²) in [6.07, 6.45) is 0.804. The van der Waals surface area contributed by atoms with Gasteiger partial charge in [-0.05, 0) is 57.5 Å². The van der Waals surface area contributed by atoms with E-state index < -0.39 is 10.0 Å². The first kappa shape index (κ1) is 22.2. The maximum Gasteiger partial charge on any atom is 0.263 e. The molecule has 0 spiro atoms.